The summed E-state index contributed by atoms with van der Waals surface area (Å²) >= 11 is 12.9. The molecule has 1 aromatic carbocycles. The van der Waals surface area contributed by atoms with E-state index in [1.54, 1.807) is 13.2 Å². The lowest BCUT2D eigenvalue weighted by atomic mass is 10.2. The quantitative estimate of drug-likeness (QED) is 0.733. The number of rotatable bonds is 6. The van der Waals surface area contributed by atoms with Gasteiger partial charge in [0.2, 0.25) is 0 Å². The third-order valence-electron chi connectivity index (χ3n) is 2.59. The van der Waals surface area contributed by atoms with Crippen molar-refractivity contribution in [3.63, 3.8) is 0 Å². The van der Waals surface area contributed by atoms with Crippen molar-refractivity contribution in [2.24, 2.45) is 0 Å². The van der Waals surface area contributed by atoms with E-state index >= 15 is 0 Å². The van der Waals surface area contributed by atoms with Crippen molar-refractivity contribution in [1.29, 1.82) is 0 Å². The van der Waals surface area contributed by atoms with Gasteiger partial charge in [-0.05, 0) is 23.8 Å². The molecule has 0 unspecified atom stereocenters. The second-order valence-corrected chi connectivity index (χ2v) is 6.29. The van der Waals surface area contributed by atoms with E-state index in [-0.39, 0.29) is 12.4 Å². The molecular formula is C14H12Cl2O3S. The van der Waals surface area contributed by atoms with Gasteiger partial charge in [-0.15, -0.1) is 11.3 Å². The first-order valence-electron chi connectivity index (χ1n) is 5.79. The van der Waals surface area contributed by atoms with Gasteiger partial charge in [0.05, 0.1) is 23.6 Å². The minimum absolute atomic E-state index is 0.0377. The second-order valence-electron chi connectivity index (χ2n) is 4.01. The highest BCUT2D eigenvalue weighted by molar-refractivity contribution is 7.20. The lowest BCUT2D eigenvalue weighted by molar-refractivity contribution is 0.0727. The molecule has 0 saturated carbocycles. The number of Topliss-reactive ketones (excluding diaryl/α,β-unsaturated/α-hetero) is 1. The van der Waals surface area contributed by atoms with Crippen LogP contribution in [-0.4, -0.2) is 19.5 Å². The average Bonchev–Trinajstić information content (AvgIpc) is 2.78. The number of carbonyl (C=O) groups is 1. The summed E-state index contributed by atoms with van der Waals surface area (Å²) in [5.41, 5.74) is 1.35. The Balaban J connectivity index is 1.89. The van der Waals surface area contributed by atoms with E-state index in [2.05, 4.69) is 0 Å². The summed E-state index contributed by atoms with van der Waals surface area (Å²) < 4.78 is 11.4. The smallest absolute Gasteiger partial charge is 0.190 e. The Bertz CT molecular complexity index is 610. The first-order chi connectivity index (χ1) is 9.60. The van der Waals surface area contributed by atoms with Gasteiger partial charge in [-0.2, -0.15) is 0 Å². The van der Waals surface area contributed by atoms with E-state index < -0.39 is 0 Å². The lowest BCUT2D eigenvalue weighted by Crippen LogP contribution is -2.08. The fraction of sp³-hybridized carbons (Fsp3) is 0.214. The van der Waals surface area contributed by atoms with Crippen LogP contribution < -0.4 is 4.74 Å². The summed E-state index contributed by atoms with van der Waals surface area (Å²) in [7, 11) is 1.60. The molecule has 20 heavy (non-hydrogen) atoms. The molecule has 0 spiro atoms. The lowest BCUT2D eigenvalue weighted by Gasteiger charge is -2.05. The highest BCUT2D eigenvalue weighted by Gasteiger charge is 2.14. The molecule has 0 saturated heterocycles. The predicted octanol–water partition coefficient (Wildman–Crippen LogP) is 4.46. The van der Waals surface area contributed by atoms with Crippen LogP contribution in [0.15, 0.2) is 30.3 Å². The molecule has 0 amide bonds. The van der Waals surface area contributed by atoms with Crippen LogP contribution in [0.4, 0.5) is 0 Å². The monoisotopic (exact) mass is 330 g/mol. The van der Waals surface area contributed by atoms with Crippen molar-refractivity contribution in [3.05, 3.63) is 50.1 Å². The maximum absolute atomic E-state index is 11.9. The third-order valence-corrected chi connectivity index (χ3v) is 4.08. The Morgan fingerprint density at radius 1 is 1.30 bits per heavy atom. The second kappa shape index (κ2) is 7.09. The van der Waals surface area contributed by atoms with Crippen LogP contribution in [-0.2, 0) is 11.3 Å². The molecule has 0 aliphatic heterocycles. The first kappa shape index (κ1) is 15.3. The molecule has 0 radical (unpaired) electrons. The molecule has 0 bridgehead atoms. The van der Waals surface area contributed by atoms with E-state index in [4.69, 9.17) is 32.7 Å². The van der Waals surface area contributed by atoms with Crippen LogP contribution in [0.2, 0.25) is 8.67 Å². The summed E-state index contributed by atoms with van der Waals surface area (Å²) in [6, 6.07) is 9.04. The van der Waals surface area contributed by atoms with Gasteiger partial charge in [0.1, 0.15) is 16.7 Å². The molecule has 3 nitrogen and oxygen atoms in total. The molecule has 106 valence electrons. The highest BCUT2D eigenvalue weighted by atomic mass is 35.5. The summed E-state index contributed by atoms with van der Waals surface area (Å²) in [6.07, 6.45) is 0. The van der Waals surface area contributed by atoms with Crippen molar-refractivity contribution in [2.75, 3.05) is 13.7 Å². The molecule has 0 fully saturated rings. The Labute approximate surface area is 131 Å². The average molecular weight is 331 g/mol. The van der Waals surface area contributed by atoms with Gasteiger partial charge in [-0.3, -0.25) is 4.79 Å². The number of methoxy groups -OCH3 is 1. The van der Waals surface area contributed by atoms with Crippen LogP contribution in [0, 0.1) is 0 Å². The Kier molecular flexibility index (Phi) is 5.43. The van der Waals surface area contributed by atoms with Crippen molar-refractivity contribution >= 4 is 40.3 Å². The van der Waals surface area contributed by atoms with E-state index in [0.29, 0.717) is 20.8 Å². The van der Waals surface area contributed by atoms with Crippen molar-refractivity contribution in [2.45, 2.75) is 6.61 Å². The molecule has 2 rings (SSSR count). The number of ether oxygens (including phenoxy) is 2. The number of ketones is 1. The Morgan fingerprint density at radius 2 is 2.10 bits per heavy atom. The van der Waals surface area contributed by atoms with Gasteiger partial charge in [0.15, 0.2) is 5.78 Å². The molecule has 0 N–H and O–H groups in total. The van der Waals surface area contributed by atoms with Crippen LogP contribution in [0.25, 0.3) is 0 Å². The predicted molar refractivity (Wildman–Crippen MR) is 81.3 cm³/mol. The SMILES string of the molecule is COc1cccc(COCC(=O)c2cc(Cl)sc2Cl)c1. The number of benzene rings is 1. The summed E-state index contributed by atoms with van der Waals surface area (Å²) in [5.74, 6) is 0.575. The molecule has 0 atom stereocenters. The van der Waals surface area contributed by atoms with Crippen LogP contribution >= 0.6 is 34.5 Å². The number of hydrogen-bond donors (Lipinski definition) is 0. The van der Waals surface area contributed by atoms with E-state index in [1.165, 1.54) is 11.3 Å². The molecular weight excluding hydrogens is 319 g/mol. The zero-order valence-corrected chi connectivity index (χ0v) is 13.0. The summed E-state index contributed by atoms with van der Waals surface area (Å²) in [4.78, 5) is 11.9. The number of carbonyl (C=O) groups excluding carboxylic acids is 1. The normalized spacial score (nSPS) is 10.6. The van der Waals surface area contributed by atoms with Gasteiger partial charge in [0, 0.05) is 0 Å². The van der Waals surface area contributed by atoms with Gasteiger partial charge in [0.25, 0.3) is 0 Å². The standard InChI is InChI=1S/C14H12Cl2O3S/c1-18-10-4-2-3-9(5-10)7-19-8-12(17)11-6-13(15)20-14(11)16/h2-6H,7-8H2,1H3. The molecule has 1 aromatic heterocycles. The van der Waals surface area contributed by atoms with E-state index in [0.717, 1.165) is 11.3 Å². The number of halogens is 2. The van der Waals surface area contributed by atoms with E-state index in [9.17, 15) is 4.79 Å². The number of thiophene rings is 1. The zero-order chi connectivity index (χ0) is 14.5. The van der Waals surface area contributed by atoms with Crippen LogP contribution in [0.3, 0.4) is 0 Å². The molecule has 0 aliphatic rings. The number of hydrogen-bond acceptors (Lipinski definition) is 4. The van der Waals surface area contributed by atoms with Gasteiger partial charge < -0.3 is 9.47 Å². The molecule has 1 heterocycles. The minimum atomic E-state index is -0.180. The van der Waals surface area contributed by atoms with Gasteiger partial charge in [-0.25, -0.2) is 0 Å². The molecule has 2 aromatic rings. The molecule has 0 aliphatic carbocycles. The largest absolute Gasteiger partial charge is 0.497 e. The highest BCUT2D eigenvalue weighted by Crippen LogP contribution is 2.31. The van der Waals surface area contributed by atoms with Crippen LogP contribution in [0.5, 0.6) is 5.75 Å². The van der Waals surface area contributed by atoms with Crippen molar-refractivity contribution < 1.29 is 14.3 Å². The maximum atomic E-state index is 11.9. The topological polar surface area (TPSA) is 35.5 Å². The maximum Gasteiger partial charge on any atom is 0.190 e. The fourth-order valence-corrected chi connectivity index (χ4v) is 3.13. The molecule has 6 heteroatoms. The van der Waals surface area contributed by atoms with E-state index in [1.807, 2.05) is 24.3 Å². The third kappa shape index (κ3) is 3.96. The van der Waals surface area contributed by atoms with Crippen molar-refractivity contribution in [3.8, 4) is 5.75 Å². The summed E-state index contributed by atoms with van der Waals surface area (Å²) in [6.45, 7) is 0.294. The minimum Gasteiger partial charge on any atom is -0.497 e. The first-order valence-corrected chi connectivity index (χ1v) is 7.36. The van der Waals surface area contributed by atoms with Gasteiger partial charge >= 0.3 is 0 Å². The van der Waals surface area contributed by atoms with Crippen molar-refractivity contribution in [1.82, 2.24) is 0 Å². The van der Waals surface area contributed by atoms with Crippen LogP contribution in [0.1, 0.15) is 15.9 Å². The Morgan fingerprint density at radius 3 is 2.75 bits per heavy atom. The fourth-order valence-electron chi connectivity index (χ4n) is 1.63. The Hall–Kier alpha value is -1.07. The zero-order valence-electron chi connectivity index (χ0n) is 10.7. The van der Waals surface area contributed by atoms with Gasteiger partial charge in [-0.1, -0.05) is 35.3 Å². The summed E-state index contributed by atoms with van der Waals surface area (Å²) in [5, 5.41) is 0.